The average molecular weight is 316 g/mol. The van der Waals surface area contributed by atoms with Crippen molar-refractivity contribution in [2.75, 3.05) is 17.7 Å². The first kappa shape index (κ1) is 19.4. The molecule has 0 aliphatic carbocycles. The van der Waals surface area contributed by atoms with E-state index in [4.69, 9.17) is 10.5 Å². The molecule has 21 heavy (non-hydrogen) atoms. The summed E-state index contributed by atoms with van der Waals surface area (Å²) in [5.41, 5.74) is 5.88. The van der Waals surface area contributed by atoms with E-state index in [1.165, 1.54) is 7.11 Å². The Balaban J connectivity index is 0.00000400. The zero-order chi connectivity index (χ0) is 15.3. The summed E-state index contributed by atoms with van der Waals surface area (Å²) in [5, 5.41) is 5.39. The maximum absolute atomic E-state index is 11.8. The van der Waals surface area contributed by atoms with Crippen LogP contribution in [0.15, 0.2) is 24.3 Å². The number of nitrogens with two attached hydrogens (primary N) is 1. The molecule has 0 aromatic heterocycles. The smallest absolute Gasteiger partial charge is 0.253 e. The van der Waals surface area contributed by atoms with E-state index >= 15 is 0 Å². The highest BCUT2D eigenvalue weighted by atomic mass is 35.5. The number of methoxy groups -OCH3 is 1. The number of rotatable bonds is 5. The number of halogens is 1. The molecule has 4 N–H and O–H groups in total. The first-order chi connectivity index (χ1) is 9.24. The van der Waals surface area contributed by atoms with Crippen molar-refractivity contribution in [2.24, 2.45) is 5.73 Å². The van der Waals surface area contributed by atoms with Crippen LogP contribution in [-0.4, -0.2) is 30.6 Å². The second-order valence-corrected chi connectivity index (χ2v) is 5.12. The Morgan fingerprint density at radius 1 is 1.24 bits per heavy atom. The van der Waals surface area contributed by atoms with Gasteiger partial charge in [0, 0.05) is 18.5 Å². The van der Waals surface area contributed by atoms with Gasteiger partial charge in [-0.1, -0.05) is 6.07 Å². The molecular formula is C14H22ClN3O3. The number of carbonyl (C=O) groups excluding carboxylic acids is 2. The van der Waals surface area contributed by atoms with E-state index in [1.807, 2.05) is 0 Å². The lowest BCUT2D eigenvalue weighted by molar-refractivity contribution is -0.124. The maximum Gasteiger partial charge on any atom is 0.253 e. The van der Waals surface area contributed by atoms with Crippen molar-refractivity contribution in [1.29, 1.82) is 0 Å². The number of amides is 2. The van der Waals surface area contributed by atoms with Crippen LogP contribution >= 0.6 is 12.4 Å². The Kier molecular flexibility index (Phi) is 7.35. The summed E-state index contributed by atoms with van der Waals surface area (Å²) in [6.45, 7) is 4.89. The second kappa shape index (κ2) is 7.97. The number of benzene rings is 1. The average Bonchev–Trinajstić information content (AvgIpc) is 2.37. The van der Waals surface area contributed by atoms with Crippen LogP contribution in [0.4, 0.5) is 11.4 Å². The number of hydrogen-bond acceptors (Lipinski definition) is 4. The first-order valence-electron chi connectivity index (χ1n) is 6.28. The van der Waals surface area contributed by atoms with E-state index in [0.717, 1.165) is 0 Å². The molecule has 6 nitrogen and oxygen atoms in total. The molecule has 1 rings (SSSR count). The van der Waals surface area contributed by atoms with Crippen LogP contribution in [0.25, 0.3) is 0 Å². The summed E-state index contributed by atoms with van der Waals surface area (Å²) >= 11 is 0. The van der Waals surface area contributed by atoms with Gasteiger partial charge in [-0.2, -0.15) is 0 Å². The van der Waals surface area contributed by atoms with E-state index in [0.29, 0.717) is 11.4 Å². The summed E-state index contributed by atoms with van der Waals surface area (Å²) < 4.78 is 4.93. The van der Waals surface area contributed by atoms with Gasteiger partial charge in [-0.05, 0) is 39.0 Å². The Labute approximate surface area is 130 Å². The molecule has 1 atom stereocenters. The zero-order valence-electron chi connectivity index (χ0n) is 12.6. The minimum absolute atomic E-state index is 0. The van der Waals surface area contributed by atoms with Crippen LogP contribution in [0.3, 0.4) is 0 Å². The van der Waals surface area contributed by atoms with Gasteiger partial charge in [0.1, 0.15) is 6.10 Å². The number of nitrogens with one attached hydrogen (secondary N) is 2. The van der Waals surface area contributed by atoms with Gasteiger partial charge >= 0.3 is 0 Å². The van der Waals surface area contributed by atoms with Gasteiger partial charge in [-0.15, -0.1) is 12.4 Å². The maximum atomic E-state index is 11.8. The lowest BCUT2D eigenvalue weighted by atomic mass is 10.1. The normalized spacial score (nSPS) is 12.0. The lowest BCUT2D eigenvalue weighted by Crippen LogP contribution is -2.45. The van der Waals surface area contributed by atoms with Crippen LogP contribution in [0.5, 0.6) is 0 Å². The fourth-order valence-electron chi connectivity index (χ4n) is 1.32. The molecule has 0 saturated heterocycles. The first-order valence-corrected chi connectivity index (χ1v) is 6.28. The van der Waals surface area contributed by atoms with E-state index in [9.17, 15) is 9.59 Å². The summed E-state index contributed by atoms with van der Waals surface area (Å²) in [4.78, 5) is 23.5. The Morgan fingerprint density at radius 2 is 1.76 bits per heavy atom. The molecule has 118 valence electrons. The monoisotopic (exact) mass is 315 g/mol. The van der Waals surface area contributed by atoms with Crippen molar-refractivity contribution in [2.45, 2.75) is 32.4 Å². The van der Waals surface area contributed by atoms with E-state index in [-0.39, 0.29) is 24.2 Å². The van der Waals surface area contributed by atoms with Gasteiger partial charge in [-0.25, -0.2) is 0 Å². The van der Waals surface area contributed by atoms with Gasteiger partial charge in [-0.3, -0.25) is 9.59 Å². The fourth-order valence-corrected chi connectivity index (χ4v) is 1.32. The van der Waals surface area contributed by atoms with Crippen LogP contribution in [0.2, 0.25) is 0 Å². The molecule has 0 saturated carbocycles. The van der Waals surface area contributed by atoms with E-state index in [2.05, 4.69) is 10.6 Å². The SMILES string of the molecule is COC(C)C(=O)Nc1cccc(NC(=O)C(C)(C)N)c1.Cl. The minimum atomic E-state index is -0.968. The minimum Gasteiger partial charge on any atom is -0.372 e. The van der Waals surface area contributed by atoms with Crippen molar-refractivity contribution < 1.29 is 14.3 Å². The van der Waals surface area contributed by atoms with Crippen LogP contribution in [0, 0.1) is 0 Å². The predicted octanol–water partition coefficient (Wildman–Crippen LogP) is 1.76. The van der Waals surface area contributed by atoms with Gasteiger partial charge in [0.2, 0.25) is 5.91 Å². The van der Waals surface area contributed by atoms with Crippen LogP contribution < -0.4 is 16.4 Å². The topological polar surface area (TPSA) is 93.5 Å². The van der Waals surface area contributed by atoms with Crippen LogP contribution in [0.1, 0.15) is 20.8 Å². The van der Waals surface area contributed by atoms with E-state index < -0.39 is 11.6 Å². The Bertz CT molecular complexity index is 500. The third kappa shape index (κ3) is 6.12. The fraction of sp³-hybridized carbons (Fsp3) is 0.429. The third-order valence-electron chi connectivity index (χ3n) is 2.70. The lowest BCUT2D eigenvalue weighted by Gasteiger charge is -2.18. The molecule has 0 spiro atoms. The van der Waals surface area contributed by atoms with E-state index in [1.54, 1.807) is 45.0 Å². The zero-order valence-corrected chi connectivity index (χ0v) is 13.4. The highest BCUT2D eigenvalue weighted by Crippen LogP contribution is 2.16. The largest absolute Gasteiger partial charge is 0.372 e. The second-order valence-electron chi connectivity index (χ2n) is 5.12. The predicted molar refractivity (Wildman–Crippen MR) is 85.7 cm³/mol. The standard InChI is InChI=1S/C14H21N3O3.ClH/c1-9(20-4)12(18)16-10-6-5-7-11(8-10)17-13(19)14(2,3)15;/h5-9H,15H2,1-4H3,(H,16,18)(H,17,19);1H. The Morgan fingerprint density at radius 3 is 2.24 bits per heavy atom. The molecule has 0 aliphatic rings. The molecule has 7 heteroatoms. The number of carbonyl (C=O) groups is 2. The van der Waals surface area contributed by atoms with Crippen molar-refractivity contribution >= 4 is 35.6 Å². The van der Waals surface area contributed by atoms with Gasteiger partial charge in [0.15, 0.2) is 0 Å². The van der Waals surface area contributed by atoms with Crippen molar-refractivity contribution in [3.8, 4) is 0 Å². The molecule has 0 radical (unpaired) electrons. The summed E-state index contributed by atoms with van der Waals surface area (Å²) in [6.07, 6.45) is -0.545. The van der Waals surface area contributed by atoms with Crippen molar-refractivity contribution in [1.82, 2.24) is 0 Å². The molecule has 1 aromatic carbocycles. The number of ether oxygens (including phenoxy) is 1. The molecule has 0 aliphatic heterocycles. The quantitative estimate of drug-likeness (QED) is 0.771. The molecule has 1 aromatic rings. The van der Waals surface area contributed by atoms with Crippen molar-refractivity contribution in [3.63, 3.8) is 0 Å². The summed E-state index contributed by atoms with van der Waals surface area (Å²) in [7, 11) is 1.46. The highest BCUT2D eigenvalue weighted by Gasteiger charge is 2.21. The van der Waals surface area contributed by atoms with Gasteiger partial charge in [0.25, 0.3) is 5.91 Å². The third-order valence-corrected chi connectivity index (χ3v) is 2.70. The summed E-state index contributed by atoms with van der Waals surface area (Å²) in [5.74, 6) is -0.554. The highest BCUT2D eigenvalue weighted by molar-refractivity contribution is 5.98. The molecule has 0 fully saturated rings. The summed E-state index contributed by atoms with van der Waals surface area (Å²) in [6, 6.07) is 6.83. The van der Waals surface area contributed by atoms with Gasteiger partial charge < -0.3 is 21.1 Å². The molecule has 0 bridgehead atoms. The number of anilines is 2. The molecular weight excluding hydrogens is 294 g/mol. The van der Waals surface area contributed by atoms with Crippen molar-refractivity contribution in [3.05, 3.63) is 24.3 Å². The van der Waals surface area contributed by atoms with Gasteiger partial charge in [0.05, 0.1) is 5.54 Å². The van der Waals surface area contributed by atoms with Crippen LogP contribution in [-0.2, 0) is 14.3 Å². The molecule has 0 heterocycles. The number of hydrogen-bond donors (Lipinski definition) is 3. The molecule has 1 unspecified atom stereocenters. The Hall–Kier alpha value is -1.63. The molecule has 2 amide bonds.